The zero-order valence-corrected chi connectivity index (χ0v) is 12.9. The molecule has 1 N–H and O–H groups in total. The van der Waals surface area contributed by atoms with Gasteiger partial charge in [-0.05, 0) is 44.5 Å². The number of nitrogens with one attached hydrogen (secondary N) is 1. The number of rotatable bonds is 1. The Morgan fingerprint density at radius 1 is 1.26 bits per heavy atom. The number of hydrogen-bond acceptors (Lipinski definition) is 2. The third-order valence-corrected chi connectivity index (χ3v) is 3.59. The molecule has 0 aromatic heterocycles. The van der Waals surface area contributed by atoms with Crippen LogP contribution in [0, 0.1) is 6.92 Å². The van der Waals surface area contributed by atoms with E-state index in [-0.39, 0.29) is 11.8 Å². The minimum absolute atomic E-state index is 0.0872. The van der Waals surface area contributed by atoms with Crippen LogP contribution in [0.3, 0.4) is 0 Å². The Morgan fingerprint density at radius 3 is 2.58 bits per heavy atom. The van der Waals surface area contributed by atoms with E-state index in [9.17, 15) is 9.59 Å². The highest BCUT2D eigenvalue weighted by Crippen LogP contribution is 2.26. The summed E-state index contributed by atoms with van der Waals surface area (Å²) >= 11 is 3.44. The number of hydrogen-bond donors (Lipinski definition) is 1. The molecular formula is C14H17BrN2O2. The number of benzene rings is 1. The molecule has 1 fully saturated rings. The highest BCUT2D eigenvalue weighted by Gasteiger charge is 2.37. The van der Waals surface area contributed by atoms with Crippen LogP contribution < -0.4 is 10.2 Å². The highest BCUT2D eigenvalue weighted by atomic mass is 79.9. The molecule has 0 saturated carbocycles. The van der Waals surface area contributed by atoms with Gasteiger partial charge in [0.2, 0.25) is 5.91 Å². The Labute approximate surface area is 121 Å². The highest BCUT2D eigenvalue weighted by molar-refractivity contribution is 9.10. The average Bonchev–Trinajstić information content (AvgIpc) is 2.35. The van der Waals surface area contributed by atoms with Crippen LogP contribution in [0.25, 0.3) is 0 Å². The van der Waals surface area contributed by atoms with Crippen molar-refractivity contribution < 1.29 is 9.59 Å². The second-order valence-electron chi connectivity index (χ2n) is 5.37. The molecule has 2 amide bonds. The smallest absolute Gasteiger partial charge is 0.252 e. The van der Waals surface area contributed by atoms with Crippen molar-refractivity contribution in [3.8, 4) is 0 Å². The van der Waals surface area contributed by atoms with E-state index in [2.05, 4.69) is 21.2 Å². The number of carbonyl (C=O) groups excluding carboxylic acids is 2. The summed E-state index contributed by atoms with van der Waals surface area (Å²) in [5.41, 5.74) is 1.02. The first-order valence-electron chi connectivity index (χ1n) is 6.20. The van der Waals surface area contributed by atoms with Crippen LogP contribution in [0.15, 0.2) is 22.7 Å². The van der Waals surface area contributed by atoms with Gasteiger partial charge in [0, 0.05) is 23.1 Å². The van der Waals surface area contributed by atoms with Crippen LogP contribution in [0.4, 0.5) is 5.69 Å². The first-order valence-corrected chi connectivity index (χ1v) is 6.99. The maximum absolute atomic E-state index is 12.5. The maximum Gasteiger partial charge on any atom is 0.252 e. The van der Waals surface area contributed by atoms with Gasteiger partial charge in [-0.15, -0.1) is 0 Å². The predicted molar refractivity (Wildman–Crippen MR) is 78.1 cm³/mol. The standard InChI is InChI=1S/C14H17BrN2O2/c1-9-6-10(15)8-11(7-9)17-5-4-12(18)16-14(2,3)13(17)19/h6-8H,4-5H2,1-3H3,(H,16,18). The molecular weight excluding hydrogens is 308 g/mol. The van der Waals surface area contributed by atoms with Crippen LogP contribution in [0.2, 0.25) is 0 Å². The number of amides is 2. The summed E-state index contributed by atoms with van der Waals surface area (Å²) in [6.07, 6.45) is 0.320. The van der Waals surface area contributed by atoms with Crippen LogP contribution in [0.1, 0.15) is 25.8 Å². The fourth-order valence-corrected chi connectivity index (χ4v) is 2.83. The first-order chi connectivity index (χ1) is 8.79. The van der Waals surface area contributed by atoms with Crippen LogP contribution in [-0.4, -0.2) is 23.9 Å². The molecule has 1 aliphatic rings. The molecule has 2 rings (SSSR count). The third kappa shape index (κ3) is 2.97. The maximum atomic E-state index is 12.5. The van der Waals surface area contributed by atoms with Gasteiger partial charge in [0.25, 0.3) is 5.91 Å². The second kappa shape index (κ2) is 4.96. The van der Waals surface area contributed by atoms with Crippen LogP contribution in [0.5, 0.6) is 0 Å². The van der Waals surface area contributed by atoms with Crippen molar-refractivity contribution in [1.29, 1.82) is 0 Å². The zero-order valence-electron chi connectivity index (χ0n) is 11.3. The molecule has 4 nitrogen and oxygen atoms in total. The molecule has 1 aliphatic heterocycles. The number of anilines is 1. The summed E-state index contributed by atoms with van der Waals surface area (Å²) in [6, 6.07) is 5.84. The number of aryl methyl sites for hydroxylation is 1. The molecule has 0 radical (unpaired) electrons. The molecule has 19 heavy (non-hydrogen) atoms. The molecule has 1 aromatic carbocycles. The average molecular weight is 325 g/mol. The summed E-state index contributed by atoms with van der Waals surface area (Å²) in [5, 5.41) is 2.75. The van der Waals surface area contributed by atoms with Crippen molar-refractivity contribution in [3.63, 3.8) is 0 Å². The monoisotopic (exact) mass is 324 g/mol. The molecule has 5 heteroatoms. The Hall–Kier alpha value is -1.36. The van der Waals surface area contributed by atoms with Crippen molar-refractivity contribution in [2.24, 2.45) is 0 Å². The largest absolute Gasteiger partial charge is 0.342 e. The summed E-state index contributed by atoms with van der Waals surface area (Å²) in [4.78, 5) is 25.9. The molecule has 1 aromatic rings. The molecule has 0 bridgehead atoms. The lowest BCUT2D eigenvalue weighted by Crippen LogP contribution is -2.53. The number of nitrogens with zero attached hydrogens (tertiary/aromatic N) is 1. The fourth-order valence-electron chi connectivity index (χ4n) is 2.24. The minimum atomic E-state index is -0.871. The van der Waals surface area contributed by atoms with E-state index in [1.165, 1.54) is 0 Å². The quantitative estimate of drug-likeness (QED) is 0.862. The summed E-state index contributed by atoms with van der Waals surface area (Å²) in [7, 11) is 0. The summed E-state index contributed by atoms with van der Waals surface area (Å²) < 4.78 is 0.927. The summed E-state index contributed by atoms with van der Waals surface area (Å²) in [6.45, 7) is 5.85. The fraction of sp³-hybridized carbons (Fsp3) is 0.429. The second-order valence-corrected chi connectivity index (χ2v) is 6.28. The van der Waals surface area contributed by atoms with Gasteiger partial charge in [0.1, 0.15) is 5.54 Å². The van der Waals surface area contributed by atoms with E-state index in [0.29, 0.717) is 13.0 Å². The Kier molecular flexibility index (Phi) is 3.67. The lowest BCUT2D eigenvalue weighted by atomic mass is 10.0. The third-order valence-electron chi connectivity index (χ3n) is 3.13. The molecule has 1 saturated heterocycles. The first kappa shape index (κ1) is 14.1. The SMILES string of the molecule is Cc1cc(Br)cc(N2CCC(=O)NC(C)(C)C2=O)c1. The van der Waals surface area contributed by atoms with E-state index in [0.717, 1.165) is 15.7 Å². The molecule has 0 aliphatic carbocycles. The lowest BCUT2D eigenvalue weighted by Gasteiger charge is -2.29. The van der Waals surface area contributed by atoms with E-state index in [1.807, 2.05) is 25.1 Å². The molecule has 0 unspecified atom stereocenters. The normalized spacial score (nSPS) is 19.1. The molecule has 0 atom stereocenters. The van der Waals surface area contributed by atoms with Gasteiger partial charge in [-0.1, -0.05) is 15.9 Å². The van der Waals surface area contributed by atoms with Crippen molar-refractivity contribution in [2.45, 2.75) is 32.7 Å². The summed E-state index contributed by atoms with van der Waals surface area (Å²) in [5.74, 6) is -0.177. The topological polar surface area (TPSA) is 49.4 Å². The van der Waals surface area contributed by atoms with Gasteiger partial charge in [0.05, 0.1) is 0 Å². The lowest BCUT2D eigenvalue weighted by molar-refractivity contribution is -0.128. The van der Waals surface area contributed by atoms with Crippen molar-refractivity contribution in [2.75, 3.05) is 11.4 Å². The van der Waals surface area contributed by atoms with Gasteiger partial charge < -0.3 is 10.2 Å². The van der Waals surface area contributed by atoms with E-state index in [4.69, 9.17) is 0 Å². The minimum Gasteiger partial charge on any atom is -0.342 e. The van der Waals surface area contributed by atoms with Crippen molar-refractivity contribution in [1.82, 2.24) is 5.32 Å². The molecule has 1 heterocycles. The van der Waals surface area contributed by atoms with Gasteiger partial charge in [-0.2, -0.15) is 0 Å². The predicted octanol–water partition coefficient (Wildman–Crippen LogP) is 2.39. The Balaban J connectivity index is 2.42. The van der Waals surface area contributed by atoms with Crippen LogP contribution in [-0.2, 0) is 9.59 Å². The zero-order chi connectivity index (χ0) is 14.2. The van der Waals surface area contributed by atoms with Gasteiger partial charge in [-0.3, -0.25) is 9.59 Å². The van der Waals surface area contributed by atoms with Crippen molar-refractivity contribution in [3.05, 3.63) is 28.2 Å². The van der Waals surface area contributed by atoms with E-state index < -0.39 is 5.54 Å². The Bertz CT molecular complexity index is 520. The van der Waals surface area contributed by atoms with Gasteiger partial charge >= 0.3 is 0 Å². The van der Waals surface area contributed by atoms with Crippen LogP contribution >= 0.6 is 15.9 Å². The van der Waals surface area contributed by atoms with Gasteiger partial charge in [0.15, 0.2) is 0 Å². The van der Waals surface area contributed by atoms with Crippen molar-refractivity contribution >= 4 is 33.4 Å². The molecule has 0 spiro atoms. The van der Waals surface area contributed by atoms with E-state index in [1.54, 1.807) is 18.7 Å². The number of halogens is 1. The van der Waals surface area contributed by atoms with E-state index >= 15 is 0 Å². The Morgan fingerprint density at radius 2 is 1.95 bits per heavy atom. The number of carbonyl (C=O) groups is 2. The molecule has 102 valence electrons. The van der Waals surface area contributed by atoms with Gasteiger partial charge in [-0.25, -0.2) is 0 Å².